The molecule has 1 fully saturated rings. The fraction of sp³-hybridized carbons (Fsp3) is 0.400. The number of aromatic nitrogens is 1. The number of aryl methyl sites for hydroxylation is 1. The number of sulfonamides is 1. The highest BCUT2D eigenvalue weighted by molar-refractivity contribution is 7.93. The average molecular weight is 420 g/mol. The van der Waals surface area contributed by atoms with E-state index < -0.39 is 16.0 Å². The summed E-state index contributed by atoms with van der Waals surface area (Å²) < 4.78 is 32.2. The minimum Gasteiger partial charge on any atom is -0.462 e. The first kappa shape index (κ1) is 20.9. The predicted molar refractivity (Wildman–Crippen MR) is 111 cm³/mol. The van der Waals surface area contributed by atoms with E-state index in [2.05, 4.69) is 5.32 Å². The van der Waals surface area contributed by atoms with Gasteiger partial charge in [-0.05, 0) is 57.5 Å². The number of hydrogen-bond donors (Lipinski definition) is 1. The molecule has 0 bridgehead atoms. The van der Waals surface area contributed by atoms with Gasteiger partial charge >= 0.3 is 5.97 Å². The molecule has 0 spiro atoms. The van der Waals surface area contributed by atoms with Gasteiger partial charge in [-0.15, -0.1) is 0 Å². The second-order valence-corrected chi connectivity index (χ2v) is 8.94. The number of carbonyl (C=O) groups is 2. The fourth-order valence-corrected chi connectivity index (χ4v) is 5.01. The zero-order chi connectivity index (χ0) is 21.2. The molecule has 9 heteroatoms. The lowest BCUT2D eigenvalue weighted by Crippen LogP contribution is -2.25. The van der Waals surface area contributed by atoms with Crippen molar-refractivity contribution in [1.82, 2.24) is 4.57 Å². The summed E-state index contributed by atoms with van der Waals surface area (Å²) in [6, 6.07) is 8.44. The minimum absolute atomic E-state index is 0.0549. The van der Waals surface area contributed by atoms with Crippen LogP contribution in [0.1, 0.15) is 35.1 Å². The van der Waals surface area contributed by atoms with E-state index in [4.69, 9.17) is 4.74 Å². The van der Waals surface area contributed by atoms with Crippen LogP contribution in [-0.4, -0.2) is 43.8 Å². The van der Waals surface area contributed by atoms with Gasteiger partial charge in [-0.3, -0.25) is 9.10 Å². The van der Waals surface area contributed by atoms with Crippen molar-refractivity contribution in [3.8, 4) is 0 Å². The summed E-state index contributed by atoms with van der Waals surface area (Å²) in [7, 11) is -3.23. The van der Waals surface area contributed by atoms with Crippen molar-refractivity contribution in [2.45, 2.75) is 33.7 Å². The number of amides is 1. The quantitative estimate of drug-likeness (QED) is 0.726. The van der Waals surface area contributed by atoms with Crippen molar-refractivity contribution in [2.24, 2.45) is 0 Å². The number of rotatable bonds is 6. The van der Waals surface area contributed by atoms with Crippen LogP contribution < -0.4 is 9.62 Å². The first-order valence-corrected chi connectivity index (χ1v) is 11.1. The molecule has 8 nitrogen and oxygen atoms in total. The largest absolute Gasteiger partial charge is 0.462 e. The molecule has 1 saturated heterocycles. The van der Waals surface area contributed by atoms with Gasteiger partial charge in [-0.25, -0.2) is 13.2 Å². The monoisotopic (exact) mass is 419 g/mol. The summed E-state index contributed by atoms with van der Waals surface area (Å²) in [6.45, 7) is 6.17. The summed E-state index contributed by atoms with van der Waals surface area (Å²) in [5, 5.41) is 2.80. The first-order chi connectivity index (χ1) is 13.7. The molecule has 1 aromatic carbocycles. The number of nitrogens with zero attached hydrogens (tertiary/aromatic N) is 2. The molecule has 1 aliphatic heterocycles. The number of anilines is 2. The SMILES string of the molecule is CCOC(=O)c1cc(C)n(CC(=O)Nc2ccc(N3CCCS3(=O)=O)cc2)c1C. The molecule has 1 N–H and O–H groups in total. The summed E-state index contributed by atoms with van der Waals surface area (Å²) >= 11 is 0. The molecule has 2 aromatic rings. The third-order valence-corrected chi connectivity index (χ3v) is 6.78. The maximum atomic E-state index is 12.5. The van der Waals surface area contributed by atoms with E-state index >= 15 is 0 Å². The van der Waals surface area contributed by atoms with E-state index in [1.165, 1.54) is 4.31 Å². The molecule has 0 saturated carbocycles. The van der Waals surface area contributed by atoms with Gasteiger partial charge in [0, 0.05) is 23.6 Å². The summed E-state index contributed by atoms with van der Waals surface area (Å²) in [6.07, 6.45) is 0.615. The molecule has 0 atom stereocenters. The Morgan fingerprint density at radius 1 is 1.17 bits per heavy atom. The Bertz CT molecular complexity index is 1030. The molecule has 0 radical (unpaired) electrons. The molecular weight excluding hydrogens is 394 g/mol. The van der Waals surface area contributed by atoms with E-state index in [-0.39, 0.29) is 24.8 Å². The Balaban J connectivity index is 1.68. The highest BCUT2D eigenvalue weighted by Gasteiger charge is 2.28. The van der Waals surface area contributed by atoms with Crippen LogP contribution in [0.15, 0.2) is 30.3 Å². The van der Waals surface area contributed by atoms with Gasteiger partial charge < -0.3 is 14.6 Å². The number of esters is 1. The third kappa shape index (κ3) is 4.45. The molecule has 1 aliphatic rings. The zero-order valence-electron chi connectivity index (χ0n) is 16.8. The van der Waals surface area contributed by atoms with Crippen LogP contribution in [0.5, 0.6) is 0 Å². The lowest BCUT2D eigenvalue weighted by atomic mass is 10.2. The van der Waals surface area contributed by atoms with Crippen molar-refractivity contribution in [1.29, 1.82) is 0 Å². The van der Waals surface area contributed by atoms with Crippen LogP contribution in [0.4, 0.5) is 11.4 Å². The smallest absolute Gasteiger partial charge is 0.339 e. The van der Waals surface area contributed by atoms with Crippen LogP contribution in [0.25, 0.3) is 0 Å². The summed E-state index contributed by atoms with van der Waals surface area (Å²) in [5.74, 6) is -0.488. The second kappa shape index (κ2) is 8.28. The Kier molecular flexibility index (Phi) is 5.97. The molecular formula is C20H25N3O5S. The second-order valence-electron chi connectivity index (χ2n) is 6.93. The van der Waals surface area contributed by atoms with Gasteiger partial charge in [-0.2, -0.15) is 0 Å². The Morgan fingerprint density at radius 3 is 2.45 bits per heavy atom. The fourth-order valence-electron chi connectivity index (χ4n) is 3.44. The van der Waals surface area contributed by atoms with Crippen LogP contribution in [-0.2, 0) is 26.1 Å². The highest BCUT2D eigenvalue weighted by Crippen LogP contribution is 2.25. The van der Waals surface area contributed by atoms with E-state index in [0.717, 1.165) is 5.69 Å². The number of hydrogen-bond acceptors (Lipinski definition) is 5. The maximum Gasteiger partial charge on any atom is 0.339 e. The molecule has 29 heavy (non-hydrogen) atoms. The van der Waals surface area contributed by atoms with Crippen LogP contribution >= 0.6 is 0 Å². The summed E-state index contributed by atoms with van der Waals surface area (Å²) in [4.78, 5) is 24.5. The summed E-state index contributed by atoms with van der Waals surface area (Å²) in [5.41, 5.74) is 3.08. The Labute approximate surface area is 170 Å². The van der Waals surface area contributed by atoms with Crippen molar-refractivity contribution in [3.63, 3.8) is 0 Å². The molecule has 0 aliphatic carbocycles. The molecule has 0 unspecified atom stereocenters. The maximum absolute atomic E-state index is 12.5. The van der Waals surface area contributed by atoms with Crippen molar-refractivity contribution >= 4 is 33.3 Å². The molecule has 1 amide bonds. The standard InChI is InChI=1S/C20H25N3O5S/c1-4-28-20(25)18-12-14(2)22(15(18)3)13-19(24)21-16-6-8-17(9-7-16)23-10-5-11-29(23,26)27/h6-9,12H,4-5,10-11,13H2,1-3H3,(H,21,24). The lowest BCUT2D eigenvalue weighted by Gasteiger charge is -2.17. The topological polar surface area (TPSA) is 97.7 Å². The van der Waals surface area contributed by atoms with E-state index in [1.807, 2.05) is 6.92 Å². The molecule has 1 aromatic heterocycles. The normalized spacial score (nSPS) is 15.3. The minimum atomic E-state index is -3.23. The Hall–Kier alpha value is -2.81. The Morgan fingerprint density at radius 2 is 1.86 bits per heavy atom. The number of ether oxygens (including phenoxy) is 1. The van der Waals surface area contributed by atoms with E-state index in [1.54, 1.807) is 48.7 Å². The van der Waals surface area contributed by atoms with Crippen molar-refractivity contribution < 1.29 is 22.7 Å². The number of nitrogens with one attached hydrogen (secondary N) is 1. The average Bonchev–Trinajstić information content (AvgIpc) is 3.16. The van der Waals surface area contributed by atoms with Gasteiger partial charge in [0.25, 0.3) is 0 Å². The van der Waals surface area contributed by atoms with Gasteiger partial charge in [0.15, 0.2) is 0 Å². The number of benzene rings is 1. The van der Waals surface area contributed by atoms with Gasteiger partial charge in [0.1, 0.15) is 6.54 Å². The first-order valence-electron chi connectivity index (χ1n) is 9.47. The van der Waals surface area contributed by atoms with Gasteiger partial charge in [0.2, 0.25) is 15.9 Å². The third-order valence-electron chi connectivity index (χ3n) is 4.91. The number of carbonyl (C=O) groups excluding carboxylic acids is 2. The van der Waals surface area contributed by atoms with E-state index in [9.17, 15) is 18.0 Å². The van der Waals surface area contributed by atoms with Crippen molar-refractivity contribution in [2.75, 3.05) is 28.5 Å². The molecule has 2 heterocycles. The zero-order valence-corrected chi connectivity index (χ0v) is 17.6. The van der Waals surface area contributed by atoms with Crippen molar-refractivity contribution in [3.05, 3.63) is 47.3 Å². The van der Waals surface area contributed by atoms with E-state index in [0.29, 0.717) is 35.6 Å². The van der Waals surface area contributed by atoms with Gasteiger partial charge in [0.05, 0.1) is 23.6 Å². The van der Waals surface area contributed by atoms with Crippen LogP contribution in [0, 0.1) is 13.8 Å². The molecule has 3 rings (SSSR count). The molecule has 156 valence electrons. The van der Waals surface area contributed by atoms with Crippen LogP contribution in [0.2, 0.25) is 0 Å². The van der Waals surface area contributed by atoms with Crippen LogP contribution in [0.3, 0.4) is 0 Å². The highest BCUT2D eigenvalue weighted by atomic mass is 32.2. The lowest BCUT2D eigenvalue weighted by molar-refractivity contribution is -0.116. The van der Waals surface area contributed by atoms with Gasteiger partial charge in [-0.1, -0.05) is 0 Å². The predicted octanol–water partition coefficient (Wildman–Crippen LogP) is 2.46.